The fourth-order valence-corrected chi connectivity index (χ4v) is 2.06. The van der Waals surface area contributed by atoms with Crippen LogP contribution in [0.5, 0.6) is 0 Å². The summed E-state index contributed by atoms with van der Waals surface area (Å²) >= 11 is 0. The van der Waals surface area contributed by atoms with E-state index in [4.69, 9.17) is 0 Å². The monoisotopic (exact) mass is 181 g/mol. The molecule has 0 radical (unpaired) electrons. The third kappa shape index (κ3) is 1.91. The summed E-state index contributed by atoms with van der Waals surface area (Å²) in [5, 5.41) is 12.8. The lowest BCUT2D eigenvalue weighted by Crippen LogP contribution is -2.34. The van der Waals surface area contributed by atoms with Crippen LogP contribution in [0.25, 0.3) is 0 Å². The molecule has 0 aliphatic heterocycles. The molecule has 2 N–H and O–H groups in total. The Morgan fingerprint density at radius 1 is 1.38 bits per heavy atom. The van der Waals surface area contributed by atoms with E-state index < -0.39 is 0 Å². The second-order valence-electron chi connectivity index (χ2n) is 3.88. The minimum Gasteiger partial charge on any atom is -0.391 e. The number of carbonyl (C=O) groups excluding carboxylic acids is 1. The van der Waals surface area contributed by atoms with Crippen LogP contribution < -0.4 is 5.32 Å². The summed E-state index contributed by atoms with van der Waals surface area (Å²) in [6, 6.07) is 0.178. The average molecular weight is 181 g/mol. The van der Waals surface area contributed by atoms with Gasteiger partial charge in [-0.1, -0.05) is 0 Å². The molecule has 0 bridgehead atoms. The van der Waals surface area contributed by atoms with E-state index in [-0.39, 0.29) is 17.9 Å². The summed E-state index contributed by atoms with van der Waals surface area (Å²) in [6.45, 7) is 0. The number of nitrogens with one attached hydrogen (secondary N) is 1. The van der Waals surface area contributed by atoms with E-state index in [0.29, 0.717) is 6.42 Å². The summed E-state index contributed by atoms with van der Waals surface area (Å²) in [4.78, 5) is 10.9. The van der Waals surface area contributed by atoms with Crippen LogP contribution in [-0.4, -0.2) is 23.0 Å². The molecule has 0 amide bonds. The molecule has 0 aromatic rings. The number of aliphatic hydroxyl groups is 1. The van der Waals surface area contributed by atoms with Gasteiger partial charge in [0.2, 0.25) is 0 Å². The summed E-state index contributed by atoms with van der Waals surface area (Å²) in [7, 11) is 0. The minimum atomic E-state index is -0.225. The van der Waals surface area contributed by atoms with Crippen molar-refractivity contribution in [1.82, 2.24) is 5.32 Å². The molecule has 2 unspecified atom stereocenters. The van der Waals surface area contributed by atoms with Gasteiger partial charge in [-0.05, 0) is 25.7 Å². The first-order chi connectivity index (χ1) is 6.25. The minimum absolute atomic E-state index is 0.178. The molecule has 0 saturated heterocycles. The van der Waals surface area contributed by atoms with Gasteiger partial charge >= 0.3 is 0 Å². The van der Waals surface area contributed by atoms with Crippen LogP contribution in [0.2, 0.25) is 0 Å². The van der Waals surface area contributed by atoms with Crippen molar-refractivity contribution in [3.63, 3.8) is 0 Å². The largest absolute Gasteiger partial charge is 0.391 e. The molecule has 72 valence electrons. The topological polar surface area (TPSA) is 49.3 Å². The molecule has 13 heavy (non-hydrogen) atoms. The second-order valence-corrected chi connectivity index (χ2v) is 3.88. The van der Waals surface area contributed by atoms with Crippen LogP contribution >= 0.6 is 0 Å². The Hall–Kier alpha value is -0.830. The average Bonchev–Trinajstić information content (AvgIpc) is 2.64. The first kappa shape index (κ1) is 8.75. The molecule has 1 fully saturated rings. The van der Waals surface area contributed by atoms with Gasteiger partial charge < -0.3 is 10.4 Å². The lowest BCUT2D eigenvalue weighted by molar-refractivity contribution is -0.114. The molecular weight excluding hydrogens is 166 g/mol. The zero-order chi connectivity index (χ0) is 9.26. The van der Waals surface area contributed by atoms with Gasteiger partial charge in [0.15, 0.2) is 5.78 Å². The van der Waals surface area contributed by atoms with E-state index in [0.717, 1.165) is 31.4 Å². The van der Waals surface area contributed by atoms with Gasteiger partial charge in [-0.2, -0.15) is 0 Å². The number of ketones is 1. The number of allylic oxidation sites excluding steroid dienone is 2. The Morgan fingerprint density at radius 3 is 2.77 bits per heavy atom. The van der Waals surface area contributed by atoms with Gasteiger partial charge in [0, 0.05) is 18.2 Å². The number of aliphatic hydroxyl groups excluding tert-OH is 1. The van der Waals surface area contributed by atoms with Crippen LogP contribution in [0, 0.1) is 0 Å². The van der Waals surface area contributed by atoms with Crippen molar-refractivity contribution in [2.45, 2.75) is 44.2 Å². The molecule has 3 heteroatoms. The highest BCUT2D eigenvalue weighted by atomic mass is 16.3. The van der Waals surface area contributed by atoms with E-state index in [9.17, 15) is 9.90 Å². The van der Waals surface area contributed by atoms with E-state index in [2.05, 4.69) is 5.32 Å². The van der Waals surface area contributed by atoms with E-state index in [1.165, 1.54) is 0 Å². The highest BCUT2D eigenvalue weighted by Gasteiger charge is 2.26. The summed E-state index contributed by atoms with van der Waals surface area (Å²) in [6.07, 6.45) is 5.89. The molecule has 0 aromatic heterocycles. The number of carbonyl (C=O) groups is 1. The predicted molar refractivity (Wildman–Crippen MR) is 49.1 cm³/mol. The van der Waals surface area contributed by atoms with Gasteiger partial charge in [-0.15, -0.1) is 0 Å². The van der Waals surface area contributed by atoms with Crippen molar-refractivity contribution < 1.29 is 9.90 Å². The SMILES string of the molecule is O=C1C=C(NC2CCCC2O)CC1. The lowest BCUT2D eigenvalue weighted by atomic mass is 10.2. The van der Waals surface area contributed by atoms with Crippen LogP contribution in [-0.2, 0) is 4.79 Å². The Kier molecular flexibility index (Phi) is 2.36. The van der Waals surface area contributed by atoms with Gasteiger partial charge in [-0.25, -0.2) is 0 Å². The van der Waals surface area contributed by atoms with Crippen molar-refractivity contribution >= 4 is 5.78 Å². The number of rotatable bonds is 2. The van der Waals surface area contributed by atoms with Crippen LogP contribution in [0.15, 0.2) is 11.8 Å². The maximum Gasteiger partial charge on any atom is 0.157 e. The smallest absolute Gasteiger partial charge is 0.157 e. The molecule has 2 rings (SSSR count). The third-order valence-corrected chi connectivity index (χ3v) is 2.83. The molecule has 3 nitrogen and oxygen atoms in total. The summed E-state index contributed by atoms with van der Waals surface area (Å²) < 4.78 is 0. The van der Waals surface area contributed by atoms with Gasteiger partial charge in [0.05, 0.1) is 12.1 Å². The maximum absolute atomic E-state index is 10.9. The molecule has 1 saturated carbocycles. The quantitative estimate of drug-likeness (QED) is 0.660. The molecular formula is C10H15NO2. The van der Waals surface area contributed by atoms with Gasteiger partial charge in [0.1, 0.15) is 0 Å². The van der Waals surface area contributed by atoms with Gasteiger partial charge in [-0.3, -0.25) is 4.79 Å². The van der Waals surface area contributed by atoms with Crippen LogP contribution in [0.3, 0.4) is 0 Å². The standard InChI is InChI=1S/C10H15NO2/c12-8-5-4-7(6-8)11-9-2-1-3-10(9)13/h6,9-11,13H,1-5H2. The van der Waals surface area contributed by atoms with Crippen molar-refractivity contribution in [1.29, 1.82) is 0 Å². The third-order valence-electron chi connectivity index (χ3n) is 2.83. The zero-order valence-corrected chi connectivity index (χ0v) is 7.62. The first-order valence-corrected chi connectivity index (χ1v) is 4.94. The fourth-order valence-electron chi connectivity index (χ4n) is 2.06. The Bertz CT molecular complexity index is 247. The normalized spacial score (nSPS) is 33.6. The number of hydrogen-bond acceptors (Lipinski definition) is 3. The molecule has 2 atom stereocenters. The Labute approximate surface area is 77.8 Å². The van der Waals surface area contributed by atoms with Crippen LogP contribution in [0.4, 0.5) is 0 Å². The van der Waals surface area contributed by atoms with Crippen LogP contribution in [0.1, 0.15) is 32.1 Å². The van der Waals surface area contributed by atoms with Gasteiger partial charge in [0.25, 0.3) is 0 Å². The highest BCUT2D eigenvalue weighted by molar-refractivity contribution is 5.92. The maximum atomic E-state index is 10.9. The fraction of sp³-hybridized carbons (Fsp3) is 0.700. The van der Waals surface area contributed by atoms with Crippen molar-refractivity contribution in [2.24, 2.45) is 0 Å². The first-order valence-electron chi connectivity index (χ1n) is 4.94. The molecule has 2 aliphatic rings. The molecule has 0 heterocycles. The molecule has 2 aliphatic carbocycles. The second kappa shape index (κ2) is 3.50. The van der Waals surface area contributed by atoms with Crippen molar-refractivity contribution in [3.05, 3.63) is 11.8 Å². The van der Waals surface area contributed by atoms with Crippen molar-refractivity contribution in [3.8, 4) is 0 Å². The summed E-state index contributed by atoms with van der Waals surface area (Å²) in [5.74, 6) is 0.204. The zero-order valence-electron chi connectivity index (χ0n) is 7.62. The van der Waals surface area contributed by atoms with Crippen molar-refractivity contribution in [2.75, 3.05) is 0 Å². The number of hydrogen-bond donors (Lipinski definition) is 2. The Morgan fingerprint density at radius 2 is 2.23 bits per heavy atom. The van der Waals surface area contributed by atoms with E-state index >= 15 is 0 Å². The van der Waals surface area contributed by atoms with E-state index in [1.807, 2.05) is 0 Å². The van der Waals surface area contributed by atoms with E-state index in [1.54, 1.807) is 6.08 Å². The predicted octanol–water partition coefficient (Wildman–Crippen LogP) is 0.736. The summed E-state index contributed by atoms with van der Waals surface area (Å²) in [5.41, 5.74) is 1.01. The molecule has 0 aromatic carbocycles. The lowest BCUT2D eigenvalue weighted by Gasteiger charge is -2.18. The Balaban J connectivity index is 1.90. The molecule has 0 spiro atoms. The highest BCUT2D eigenvalue weighted by Crippen LogP contribution is 2.22.